The average molecular weight is 2160 g/mol. The van der Waals surface area contributed by atoms with E-state index in [0.29, 0.717) is 15.1 Å². The maximum atomic E-state index is 5.89. The van der Waals surface area contributed by atoms with Crippen LogP contribution in [0.1, 0.15) is 278 Å². The Bertz CT molecular complexity index is 4920. The predicted molar refractivity (Wildman–Crippen MR) is 681 cm³/mol. The van der Waals surface area contributed by atoms with E-state index in [9.17, 15) is 0 Å². The molecule has 5 fully saturated rings. The SMILES string of the molecule is CC(C)[Si](C)(C(C)C)C1(C)CCCCC1.CC(C)[Si](C)(C(C)C)C1(C)CCCCC1.CC1([Si](C)(C)C)CCCCC1.CC1([Si](C)(C)C)CCCCC1.CC1([Si](C)(c2ccccc2)c2ccccc2)CCCCC1.CO[Si](C)(C(C)C)C(C)C.CO[Si](C)(c1ccccc1)c1ccccc1.CO[Si](C)(c1ccccc1)c1ccccc1.CO[Si]1(C)c2ccccc2-c2ccccc21.CO[Si]1(C)c2ccccc2-c2ccccc21. The zero-order valence-corrected chi connectivity index (χ0v) is 110. The van der Waals surface area contributed by atoms with Crippen LogP contribution in [-0.4, -0.2) is 118 Å². The number of rotatable bonds is 22. The van der Waals surface area contributed by atoms with Gasteiger partial charge in [0.25, 0.3) is 33.3 Å². The largest absolute Gasteiger partial charge is 0.420 e. The van der Waals surface area contributed by atoms with Gasteiger partial charge in [-0.25, -0.2) is 0 Å². The predicted octanol–water partition coefficient (Wildman–Crippen LogP) is 35.0. The molecule has 147 heavy (non-hydrogen) atoms. The molecule has 0 N–H and O–H groups in total. The Morgan fingerprint density at radius 1 is 0.211 bits per heavy atom. The molecule has 10 aromatic rings. The lowest BCUT2D eigenvalue weighted by Crippen LogP contribution is -2.63. The third-order valence-electron chi connectivity index (χ3n) is 40.7. The lowest BCUT2D eigenvalue weighted by molar-refractivity contribution is 0.378. The molecule has 5 saturated carbocycles. The van der Waals surface area contributed by atoms with E-state index in [1.807, 2.05) is 59.8 Å². The molecule has 10 aromatic carbocycles. The van der Waals surface area contributed by atoms with Crippen LogP contribution in [0.15, 0.2) is 279 Å². The molecule has 0 aromatic heterocycles. The van der Waals surface area contributed by atoms with Gasteiger partial charge in [-0.15, -0.1) is 0 Å². The molecule has 5 nitrogen and oxygen atoms in total. The first-order valence-corrected chi connectivity index (χ1v) is 84.8. The monoisotopic (exact) mass is 2160 g/mol. The van der Waals surface area contributed by atoms with Crippen molar-refractivity contribution < 1.29 is 22.1 Å². The van der Waals surface area contributed by atoms with Gasteiger partial charge in [-0.3, -0.25) is 0 Å². The van der Waals surface area contributed by atoms with Crippen molar-refractivity contribution in [1.29, 1.82) is 0 Å². The lowest BCUT2D eigenvalue weighted by atomic mass is 9.90. The van der Waals surface area contributed by atoms with Crippen LogP contribution >= 0.6 is 0 Å². The van der Waals surface area contributed by atoms with Crippen LogP contribution in [0.3, 0.4) is 0 Å². The van der Waals surface area contributed by atoms with E-state index < -0.39 is 82.0 Å². The summed E-state index contributed by atoms with van der Waals surface area (Å²) >= 11 is 0. The van der Waals surface area contributed by atoms with Gasteiger partial charge < -0.3 is 22.1 Å². The van der Waals surface area contributed by atoms with Crippen LogP contribution in [0.4, 0.5) is 0 Å². The van der Waals surface area contributed by atoms with Crippen molar-refractivity contribution in [2.75, 3.05) is 35.5 Å². The Hall–Kier alpha value is -5.83. The molecule has 0 saturated heterocycles. The van der Waals surface area contributed by atoms with E-state index in [0.717, 1.165) is 43.3 Å². The Kier molecular flexibility index (Phi) is 48.1. The normalized spacial score (nSPS) is 17.7. The van der Waals surface area contributed by atoms with Gasteiger partial charge in [0, 0.05) is 35.5 Å². The van der Waals surface area contributed by atoms with Gasteiger partial charge >= 0.3 is 0 Å². The zero-order valence-electron chi connectivity index (χ0n) is 100. The summed E-state index contributed by atoms with van der Waals surface area (Å²) < 4.78 is 29.1. The Morgan fingerprint density at radius 3 is 0.544 bits per heavy atom. The minimum atomic E-state index is -1.98. The van der Waals surface area contributed by atoms with Crippen molar-refractivity contribution in [3.63, 3.8) is 0 Å². The molecule has 5 aliphatic carbocycles. The first-order chi connectivity index (χ1) is 69.3. The van der Waals surface area contributed by atoms with Crippen LogP contribution in [0.25, 0.3) is 22.3 Å². The van der Waals surface area contributed by atoms with E-state index >= 15 is 0 Å². The summed E-state index contributed by atoms with van der Waals surface area (Å²) in [6.07, 6.45) is 36.9. The summed E-state index contributed by atoms with van der Waals surface area (Å²) in [7, 11) is -5.72. The maximum Gasteiger partial charge on any atom is 0.253 e. The molecule has 0 atom stereocenters. The standard InChI is InChI=1S/C20H26Si.2C14H14OSi.2C14H16OSi.2C14H30Si.2C10H22Si.C8H20OSi/c1-20(16-10-5-11-17-20)21(2,18-12-6-3-7-13-18)19-14-8-4-9-15-19;2*1-15-16(2)13-9-5-3-7-11(13)12-8-4-6-10-14(12)16;2*1-15-16(2,13-9-5-3-6-10-13)14-11-7-4-8-12-14;2*1-12(2)15(6,13(3)4)14(5)10-8-7-9-11-14;2*1-10(11(2,3)4)8-6-5-7-9-10;1-7(2)10(6,9-5)8(3)4/h3-4,6-9,12-15H,5,10-11,16-17H2,1-2H3;2*3-10H,1-2H3;2*3-12H,1-2H3;2*12-13H,7-11H2,1-6H3;2*5-9H2,1-4H3;7-8H,1-6H3. The molecular formula is C132H210O5Si10. The van der Waals surface area contributed by atoms with Gasteiger partial charge in [-0.1, -0.05) is 636 Å². The fourth-order valence-electron chi connectivity index (χ4n) is 26.5. The summed E-state index contributed by atoms with van der Waals surface area (Å²) in [4.78, 5) is 0. The van der Waals surface area contributed by atoms with Gasteiger partial charge in [0.2, 0.25) is 0 Å². The van der Waals surface area contributed by atoms with E-state index in [1.165, 1.54) is 224 Å². The summed E-state index contributed by atoms with van der Waals surface area (Å²) in [5.41, 5.74) is 10.6. The van der Waals surface area contributed by atoms with Gasteiger partial charge in [0.15, 0.2) is 8.32 Å². The summed E-state index contributed by atoms with van der Waals surface area (Å²) in [6, 6.07) is 99.1. The number of benzene rings is 10. The molecule has 0 radical (unpaired) electrons. The zero-order chi connectivity index (χ0) is 109. The highest BCUT2D eigenvalue weighted by Gasteiger charge is 2.54. The van der Waals surface area contributed by atoms with Gasteiger partial charge in [0.1, 0.15) is 8.07 Å². The Labute approximate surface area is 913 Å². The van der Waals surface area contributed by atoms with Crippen molar-refractivity contribution in [3.8, 4) is 22.3 Å². The first-order valence-electron chi connectivity index (χ1n) is 57.8. The minimum Gasteiger partial charge on any atom is -0.420 e. The highest BCUT2D eigenvalue weighted by atomic mass is 28.4. The quantitative estimate of drug-likeness (QED) is 0.0633. The molecule has 0 amide bonds. The van der Waals surface area contributed by atoms with E-state index in [-0.39, 0.29) is 0 Å². The smallest absolute Gasteiger partial charge is 0.253 e. The highest BCUT2D eigenvalue weighted by molar-refractivity contribution is 7.04. The summed E-state index contributed by atoms with van der Waals surface area (Å²) in [5, 5.41) is 17.5. The lowest BCUT2D eigenvalue weighted by Gasteiger charge is -2.53. The topological polar surface area (TPSA) is 46.2 Å². The average Bonchev–Trinajstić information content (AvgIpc) is 1.44. The fourth-order valence-corrected chi connectivity index (χ4v) is 59.4. The van der Waals surface area contributed by atoms with Crippen LogP contribution in [0.5, 0.6) is 0 Å². The van der Waals surface area contributed by atoms with E-state index in [2.05, 4.69) is 464 Å². The molecule has 2 heterocycles. The highest BCUT2D eigenvalue weighted by Crippen LogP contribution is 2.60. The van der Waals surface area contributed by atoms with E-state index in [4.69, 9.17) is 22.1 Å². The molecule has 0 bridgehead atoms. The second kappa shape index (κ2) is 56.0. The number of hydrogen-bond donors (Lipinski definition) is 0. The number of hydrogen-bond acceptors (Lipinski definition) is 5. The maximum absolute atomic E-state index is 5.89. The minimum absolute atomic E-state index is 0.480. The van der Waals surface area contributed by atoms with Crippen molar-refractivity contribution in [2.24, 2.45) is 0 Å². The summed E-state index contributed by atoms with van der Waals surface area (Å²) in [5.74, 6) is 0. The number of fused-ring (bicyclic) bond motifs is 6. The van der Waals surface area contributed by atoms with E-state index in [1.54, 1.807) is 10.4 Å². The second-order valence-electron chi connectivity index (χ2n) is 51.4. The molecule has 7 aliphatic rings. The second-order valence-corrected chi connectivity index (χ2v) is 99.1. The Balaban J connectivity index is 0.000000200. The summed E-state index contributed by atoms with van der Waals surface area (Å²) in [6.45, 7) is 76.1. The van der Waals surface area contributed by atoms with Crippen LogP contribution < -0.4 is 51.9 Å². The van der Waals surface area contributed by atoms with Crippen molar-refractivity contribution in [2.45, 2.75) is 428 Å². The molecule has 0 unspecified atom stereocenters. The molecule has 15 heteroatoms. The third kappa shape index (κ3) is 29.7. The molecule has 17 rings (SSSR count). The van der Waals surface area contributed by atoms with Gasteiger partial charge in [-0.2, -0.15) is 0 Å². The first kappa shape index (κ1) is 126. The molecular weight excluding hydrogens is 1950 g/mol. The molecule has 2 aliphatic heterocycles. The van der Waals surface area contributed by atoms with Crippen LogP contribution in [0, 0.1) is 0 Å². The van der Waals surface area contributed by atoms with Crippen molar-refractivity contribution in [1.82, 2.24) is 0 Å². The fraction of sp³-hybridized carbons (Fsp3) is 0.545. The van der Waals surface area contributed by atoms with Crippen LogP contribution in [0.2, 0.25) is 150 Å². The molecule has 808 valence electrons. The third-order valence-corrected chi connectivity index (χ3v) is 91.0. The molecule has 0 spiro atoms. The van der Waals surface area contributed by atoms with Crippen LogP contribution in [-0.2, 0) is 22.1 Å². The van der Waals surface area contributed by atoms with Crippen molar-refractivity contribution >= 4 is 134 Å². The van der Waals surface area contributed by atoms with Crippen molar-refractivity contribution in [3.05, 3.63) is 279 Å². The van der Waals surface area contributed by atoms with Gasteiger partial charge in [0.05, 0.1) is 32.3 Å². The Morgan fingerprint density at radius 2 is 0.388 bits per heavy atom. The van der Waals surface area contributed by atoms with Gasteiger partial charge in [-0.05, 0) is 146 Å².